The lowest BCUT2D eigenvalue weighted by atomic mass is 9.98. The molecule has 0 aliphatic carbocycles. The van der Waals surface area contributed by atoms with Crippen LogP contribution in [0, 0.1) is 5.41 Å². The lowest BCUT2D eigenvalue weighted by molar-refractivity contribution is -0.117. The van der Waals surface area contributed by atoms with Crippen LogP contribution in [-0.2, 0) is 11.2 Å². The minimum Gasteiger partial charge on any atom is -0.423 e. The van der Waals surface area contributed by atoms with Gasteiger partial charge in [-0.05, 0) is 47.2 Å². The normalized spacial score (nSPS) is 11.9. The van der Waals surface area contributed by atoms with Gasteiger partial charge in [-0.15, -0.1) is 24.8 Å². The van der Waals surface area contributed by atoms with Crippen molar-refractivity contribution in [3.8, 4) is 5.75 Å². The van der Waals surface area contributed by atoms with Gasteiger partial charge in [-0.2, -0.15) is 0 Å². The number of carbonyl (C=O) groups excluding carboxylic acids is 2. The molecule has 1 heterocycles. The van der Waals surface area contributed by atoms with Crippen molar-refractivity contribution in [1.29, 1.82) is 5.41 Å². The first-order valence-electron chi connectivity index (χ1n) is 9.96. The molecule has 0 saturated heterocycles. The van der Waals surface area contributed by atoms with Gasteiger partial charge in [-0.1, -0.05) is 18.2 Å². The Bertz CT molecular complexity index is 1260. The van der Waals surface area contributed by atoms with E-state index in [9.17, 15) is 9.59 Å². The molecule has 0 aromatic heterocycles. The van der Waals surface area contributed by atoms with E-state index in [4.69, 9.17) is 21.6 Å². The average molecular weight is 503 g/mol. The first kappa shape index (κ1) is 26.4. The summed E-state index contributed by atoms with van der Waals surface area (Å²) >= 11 is 0. The number of nitrogens with one attached hydrogen (secondary N) is 3. The van der Waals surface area contributed by atoms with Gasteiger partial charge in [0.1, 0.15) is 11.6 Å². The largest absolute Gasteiger partial charge is 0.423 e. The third-order valence-electron chi connectivity index (χ3n) is 5.01. The highest BCUT2D eigenvalue weighted by molar-refractivity contribution is 6.01. The lowest BCUT2D eigenvalue weighted by Crippen LogP contribution is -2.26. The van der Waals surface area contributed by atoms with Gasteiger partial charge in [0, 0.05) is 23.4 Å². The summed E-state index contributed by atoms with van der Waals surface area (Å²) in [6.07, 6.45) is -0.0999. The number of anilines is 1. The lowest BCUT2D eigenvalue weighted by Gasteiger charge is -2.13. The van der Waals surface area contributed by atoms with Crippen LogP contribution in [0.1, 0.15) is 21.5 Å². The van der Waals surface area contributed by atoms with Gasteiger partial charge in [0.05, 0.1) is 18.5 Å². The van der Waals surface area contributed by atoms with E-state index >= 15 is 0 Å². The molecule has 4 rings (SSSR count). The number of carbonyl (C=O) groups is 2. The van der Waals surface area contributed by atoms with Crippen molar-refractivity contribution in [3.63, 3.8) is 0 Å². The van der Waals surface area contributed by atoms with Crippen LogP contribution in [0.2, 0.25) is 0 Å². The van der Waals surface area contributed by atoms with Crippen molar-refractivity contribution in [2.45, 2.75) is 6.42 Å². The fourth-order valence-corrected chi connectivity index (χ4v) is 3.46. The molecule has 7 N–H and O–H groups in total. The molecular weight excluding hydrogens is 479 g/mol. The summed E-state index contributed by atoms with van der Waals surface area (Å²) in [4.78, 5) is 28.7. The average Bonchev–Trinajstić information content (AvgIpc) is 3.28. The number of fused-ring (bicyclic) bond motifs is 1. The predicted molar refractivity (Wildman–Crippen MR) is 138 cm³/mol. The van der Waals surface area contributed by atoms with E-state index in [0.29, 0.717) is 28.0 Å². The zero-order valence-electron chi connectivity index (χ0n) is 18.0. The number of aliphatic imine (C=N–C) groups is 1. The number of guanidine groups is 1. The number of amidine groups is 1. The van der Waals surface area contributed by atoms with Gasteiger partial charge in [0.2, 0.25) is 5.91 Å². The van der Waals surface area contributed by atoms with Crippen LogP contribution in [0.15, 0.2) is 59.6 Å². The zero-order valence-corrected chi connectivity index (χ0v) is 19.6. The molecule has 0 bridgehead atoms. The molecule has 3 aromatic rings. The van der Waals surface area contributed by atoms with Gasteiger partial charge in [0.15, 0.2) is 5.96 Å². The number of rotatable bonds is 6. The van der Waals surface area contributed by atoms with Crippen molar-refractivity contribution in [2.24, 2.45) is 16.5 Å². The highest BCUT2D eigenvalue weighted by atomic mass is 35.5. The van der Waals surface area contributed by atoms with Gasteiger partial charge in [0.25, 0.3) is 0 Å². The van der Waals surface area contributed by atoms with E-state index in [1.165, 1.54) is 0 Å². The number of esters is 1. The van der Waals surface area contributed by atoms with Gasteiger partial charge in [-0.25, -0.2) is 4.79 Å². The first-order valence-corrected chi connectivity index (χ1v) is 9.96. The van der Waals surface area contributed by atoms with Crippen LogP contribution in [-0.4, -0.2) is 36.8 Å². The molecule has 3 aromatic carbocycles. The molecule has 34 heavy (non-hydrogen) atoms. The quantitative estimate of drug-likeness (QED) is 0.151. The highest BCUT2D eigenvalue weighted by Gasteiger charge is 2.17. The SMILES string of the molecule is Cl.Cl.N=C(N)c1ccc2c(CC(N)=O)c(OC(=O)c3ccc(NC4=NCCN4)cc3)ccc2c1. The van der Waals surface area contributed by atoms with Crippen LogP contribution in [0.25, 0.3) is 10.8 Å². The molecule has 0 radical (unpaired) electrons. The Morgan fingerprint density at radius 1 is 1.03 bits per heavy atom. The molecule has 0 unspecified atom stereocenters. The smallest absolute Gasteiger partial charge is 0.343 e. The molecule has 9 nitrogen and oxygen atoms in total. The van der Waals surface area contributed by atoms with E-state index in [-0.39, 0.29) is 42.8 Å². The van der Waals surface area contributed by atoms with E-state index < -0.39 is 11.9 Å². The van der Waals surface area contributed by atoms with Gasteiger partial charge >= 0.3 is 5.97 Å². The molecule has 0 saturated carbocycles. The number of halogens is 2. The van der Waals surface area contributed by atoms with Crippen LogP contribution < -0.4 is 26.8 Å². The van der Waals surface area contributed by atoms with Crippen molar-refractivity contribution >= 4 is 64.9 Å². The second-order valence-corrected chi connectivity index (χ2v) is 7.28. The number of amides is 1. The van der Waals surface area contributed by atoms with Crippen LogP contribution in [0.3, 0.4) is 0 Å². The fourth-order valence-electron chi connectivity index (χ4n) is 3.46. The summed E-state index contributed by atoms with van der Waals surface area (Å²) in [7, 11) is 0. The maximum atomic E-state index is 12.7. The molecule has 0 spiro atoms. The Morgan fingerprint density at radius 3 is 2.35 bits per heavy atom. The summed E-state index contributed by atoms with van der Waals surface area (Å²) in [5.74, 6) is -0.223. The standard InChI is InChI=1S/C23H22N6O3.2ClH/c24-20(30)12-18-17-7-3-15(21(25)26)11-14(17)4-8-19(18)32-22(31)13-1-5-16(6-2-13)29-23-27-9-10-28-23;;/h1-8,11H,9-10,12H2,(H2,24,30)(H3,25,26)(H2,27,28,29);2*1H. The van der Waals surface area contributed by atoms with Crippen LogP contribution >= 0.6 is 24.8 Å². The Balaban J connectivity index is 0.00000204. The van der Waals surface area contributed by atoms with Gasteiger partial charge < -0.3 is 26.8 Å². The summed E-state index contributed by atoms with van der Waals surface area (Å²) < 4.78 is 5.62. The van der Waals surface area contributed by atoms with E-state index in [0.717, 1.165) is 24.2 Å². The fraction of sp³-hybridized carbons (Fsp3) is 0.130. The third kappa shape index (κ3) is 5.94. The van der Waals surface area contributed by atoms with Crippen LogP contribution in [0.5, 0.6) is 5.75 Å². The number of benzene rings is 3. The minimum atomic E-state index is -0.557. The Hall–Kier alpha value is -3.82. The van der Waals surface area contributed by atoms with Gasteiger partial charge in [-0.3, -0.25) is 15.2 Å². The topological polar surface area (TPSA) is 156 Å². The second kappa shape index (κ2) is 11.4. The summed E-state index contributed by atoms with van der Waals surface area (Å²) in [6, 6.07) is 15.3. The number of hydrogen-bond acceptors (Lipinski definition) is 7. The highest BCUT2D eigenvalue weighted by Crippen LogP contribution is 2.30. The number of nitrogen functional groups attached to an aromatic ring is 1. The Morgan fingerprint density at radius 2 is 1.74 bits per heavy atom. The monoisotopic (exact) mass is 502 g/mol. The molecule has 1 aliphatic heterocycles. The number of hydrogen-bond donors (Lipinski definition) is 5. The van der Waals surface area contributed by atoms with Crippen LogP contribution in [0.4, 0.5) is 5.69 Å². The van der Waals surface area contributed by atoms with E-state index in [1.807, 2.05) is 0 Å². The predicted octanol–water partition coefficient (Wildman–Crippen LogP) is 2.59. The maximum Gasteiger partial charge on any atom is 0.343 e. The molecule has 0 fully saturated rings. The zero-order chi connectivity index (χ0) is 22.7. The summed E-state index contributed by atoms with van der Waals surface area (Å²) in [6.45, 7) is 1.52. The molecule has 1 aliphatic rings. The Kier molecular flexibility index (Phi) is 8.83. The molecule has 11 heteroatoms. The molecule has 0 atom stereocenters. The van der Waals surface area contributed by atoms with E-state index in [2.05, 4.69) is 15.6 Å². The van der Waals surface area contributed by atoms with Crippen molar-refractivity contribution < 1.29 is 14.3 Å². The number of nitrogens with zero attached hydrogens (tertiary/aromatic N) is 1. The summed E-state index contributed by atoms with van der Waals surface area (Å²) in [5.41, 5.74) is 13.2. The molecule has 178 valence electrons. The van der Waals surface area contributed by atoms with Crippen molar-refractivity contribution in [2.75, 3.05) is 18.4 Å². The maximum absolute atomic E-state index is 12.7. The van der Waals surface area contributed by atoms with Crippen molar-refractivity contribution in [1.82, 2.24) is 5.32 Å². The molecular formula is C23H24Cl2N6O3. The Labute approximate surface area is 208 Å². The summed E-state index contributed by atoms with van der Waals surface area (Å²) in [5, 5.41) is 15.3. The minimum absolute atomic E-state index is 0. The van der Waals surface area contributed by atoms with Crippen molar-refractivity contribution in [3.05, 3.63) is 71.3 Å². The van der Waals surface area contributed by atoms with E-state index in [1.54, 1.807) is 54.6 Å². The number of ether oxygens (including phenoxy) is 1. The number of primary amides is 1. The second-order valence-electron chi connectivity index (χ2n) is 7.28. The first-order chi connectivity index (χ1) is 15.4. The number of nitrogens with two attached hydrogens (primary N) is 2. The third-order valence-corrected chi connectivity index (χ3v) is 5.01. The molecule has 1 amide bonds.